The van der Waals surface area contributed by atoms with Gasteiger partial charge in [-0.15, -0.1) is 0 Å². The number of ether oxygens (including phenoxy) is 1. The van der Waals surface area contributed by atoms with Crippen molar-refractivity contribution in [2.24, 2.45) is 29.1 Å². The fourth-order valence-corrected chi connectivity index (χ4v) is 13.1. The number of anilines is 3. The second kappa shape index (κ2) is 9.72. The first-order valence-corrected chi connectivity index (χ1v) is 19.2. The van der Waals surface area contributed by atoms with Crippen LogP contribution in [0.15, 0.2) is 115 Å². The summed E-state index contributed by atoms with van der Waals surface area (Å²) in [4.78, 5) is 2.57. The Kier molecular flexibility index (Phi) is 5.72. The lowest BCUT2D eigenvalue weighted by Crippen LogP contribution is -2.74. The molecule has 6 aliphatic rings. The van der Waals surface area contributed by atoms with Gasteiger partial charge in [0.15, 0.2) is 5.75 Å². The van der Waals surface area contributed by atoms with Crippen LogP contribution >= 0.6 is 0 Å². The third-order valence-electron chi connectivity index (χ3n) is 15.0. The number of benzene rings is 5. The molecule has 50 heavy (non-hydrogen) atoms. The van der Waals surface area contributed by atoms with Gasteiger partial charge in [-0.05, 0) is 131 Å². The Bertz CT molecular complexity index is 2200. The van der Waals surface area contributed by atoms with Gasteiger partial charge in [-0.1, -0.05) is 113 Å². The molecule has 1 aliphatic heterocycles. The van der Waals surface area contributed by atoms with Crippen molar-refractivity contribution in [1.82, 2.24) is 0 Å². The van der Waals surface area contributed by atoms with Gasteiger partial charge in [0.25, 0.3) is 0 Å². The molecule has 0 N–H and O–H groups in total. The van der Waals surface area contributed by atoms with Gasteiger partial charge in [-0.3, -0.25) is 0 Å². The number of hydrogen-bond acceptors (Lipinski definition) is 2. The van der Waals surface area contributed by atoms with Crippen LogP contribution < -0.4 is 9.64 Å². The third-order valence-corrected chi connectivity index (χ3v) is 15.0. The van der Waals surface area contributed by atoms with Crippen LogP contribution in [0.2, 0.25) is 0 Å². The molecular weight excluding hydrogens is 607 g/mol. The van der Waals surface area contributed by atoms with Crippen molar-refractivity contribution in [3.05, 3.63) is 138 Å². The van der Waals surface area contributed by atoms with E-state index in [1.165, 1.54) is 83.3 Å². The third kappa shape index (κ3) is 3.46. The molecule has 4 fully saturated rings. The maximum Gasteiger partial charge on any atom is 0.156 e. The zero-order valence-corrected chi connectivity index (χ0v) is 29.9. The van der Waals surface area contributed by atoms with E-state index in [-0.39, 0.29) is 16.2 Å². The molecule has 6 atom stereocenters. The minimum atomic E-state index is -0.0310. The fourth-order valence-electron chi connectivity index (χ4n) is 13.1. The van der Waals surface area contributed by atoms with Gasteiger partial charge in [0.1, 0.15) is 5.75 Å². The quantitative estimate of drug-likeness (QED) is 0.191. The van der Waals surface area contributed by atoms with Gasteiger partial charge in [0.2, 0.25) is 0 Å². The van der Waals surface area contributed by atoms with Crippen LogP contribution in [-0.2, 0) is 16.2 Å². The van der Waals surface area contributed by atoms with Crippen LogP contribution in [0.3, 0.4) is 0 Å². The summed E-state index contributed by atoms with van der Waals surface area (Å²) in [6.45, 7) is 9.79. The first-order chi connectivity index (χ1) is 24.2. The Hall–Kier alpha value is -4.30. The second-order valence-corrected chi connectivity index (χ2v) is 18.0. The van der Waals surface area contributed by atoms with E-state index < -0.39 is 0 Å². The van der Waals surface area contributed by atoms with Crippen molar-refractivity contribution in [3.8, 4) is 22.6 Å². The highest BCUT2D eigenvalue weighted by Crippen LogP contribution is 2.90. The molecule has 250 valence electrons. The molecule has 5 aromatic carbocycles. The average Bonchev–Trinajstić information content (AvgIpc) is 3.66. The number of hydrogen-bond donors (Lipinski definition) is 0. The van der Waals surface area contributed by atoms with Crippen molar-refractivity contribution < 1.29 is 4.74 Å². The molecule has 5 aromatic rings. The molecule has 0 saturated heterocycles. The predicted molar refractivity (Wildman–Crippen MR) is 204 cm³/mol. The predicted octanol–water partition coefficient (Wildman–Crippen LogP) is 12.6. The summed E-state index contributed by atoms with van der Waals surface area (Å²) >= 11 is 0. The van der Waals surface area contributed by atoms with Crippen LogP contribution in [0.4, 0.5) is 17.1 Å². The van der Waals surface area contributed by atoms with Crippen molar-refractivity contribution in [2.45, 2.75) is 82.5 Å². The zero-order valence-electron chi connectivity index (χ0n) is 29.9. The molecule has 11 rings (SSSR count). The summed E-state index contributed by atoms with van der Waals surface area (Å²) < 4.78 is 7.41. The van der Waals surface area contributed by atoms with Crippen LogP contribution in [0.25, 0.3) is 11.1 Å². The smallest absolute Gasteiger partial charge is 0.156 e. The Labute approximate surface area is 297 Å². The standard InChI is InChI=1S/C48H47NO/c1-45(2)24-25-46(3,4)43-36(45)19-13-20-37(43)49(33-16-9-6-10-17-33)38-23-22-34(31-14-7-5-8-15-31)42-44(38)50-39-21-12-11-18-35(39)48(42)40-27-30-26-32-28-41(48)47(32,40)29-30/h5-23,30,32,40-41H,24-29H2,1-4H3. The van der Waals surface area contributed by atoms with E-state index in [4.69, 9.17) is 4.74 Å². The van der Waals surface area contributed by atoms with Gasteiger partial charge in [-0.2, -0.15) is 0 Å². The Balaban J connectivity index is 1.23. The highest BCUT2D eigenvalue weighted by Gasteiger charge is 2.84. The molecule has 2 heteroatoms. The Morgan fingerprint density at radius 3 is 2.10 bits per heavy atom. The molecule has 0 aromatic heterocycles. The second-order valence-electron chi connectivity index (χ2n) is 18.0. The summed E-state index contributed by atoms with van der Waals surface area (Å²) in [6, 6.07) is 43.3. The van der Waals surface area contributed by atoms with E-state index in [9.17, 15) is 0 Å². The molecule has 5 aliphatic carbocycles. The summed E-state index contributed by atoms with van der Waals surface area (Å²) in [5.74, 6) is 5.30. The molecule has 2 bridgehead atoms. The van der Waals surface area contributed by atoms with E-state index >= 15 is 0 Å². The number of fused-ring (bicyclic) bond motifs is 8. The molecule has 4 saturated carbocycles. The zero-order chi connectivity index (χ0) is 33.6. The van der Waals surface area contributed by atoms with Gasteiger partial charge in [0, 0.05) is 22.2 Å². The molecule has 1 heterocycles. The first kappa shape index (κ1) is 29.4. The molecular formula is C48H47NO. The van der Waals surface area contributed by atoms with Crippen LogP contribution in [0, 0.1) is 29.1 Å². The highest BCUT2D eigenvalue weighted by atomic mass is 16.5. The topological polar surface area (TPSA) is 12.5 Å². The van der Waals surface area contributed by atoms with E-state index in [1.807, 2.05) is 0 Å². The maximum atomic E-state index is 7.41. The Morgan fingerprint density at radius 1 is 0.600 bits per heavy atom. The summed E-state index contributed by atoms with van der Waals surface area (Å²) in [5.41, 5.74) is 12.8. The first-order valence-electron chi connectivity index (χ1n) is 19.2. The molecule has 0 radical (unpaired) electrons. The van der Waals surface area contributed by atoms with Gasteiger partial charge < -0.3 is 9.64 Å². The molecule has 2 spiro atoms. The molecule has 6 unspecified atom stereocenters. The summed E-state index contributed by atoms with van der Waals surface area (Å²) in [7, 11) is 0. The lowest BCUT2D eigenvalue weighted by Gasteiger charge is -2.77. The van der Waals surface area contributed by atoms with Gasteiger partial charge in [-0.25, -0.2) is 0 Å². The lowest BCUT2D eigenvalue weighted by atomic mass is 9.26. The minimum absolute atomic E-state index is 0.0310. The molecule has 2 nitrogen and oxygen atoms in total. The van der Waals surface area contributed by atoms with Crippen molar-refractivity contribution >= 4 is 17.1 Å². The maximum absolute atomic E-state index is 7.41. The fraction of sp³-hybridized carbons (Fsp3) is 0.375. The van der Waals surface area contributed by atoms with Crippen molar-refractivity contribution in [2.75, 3.05) is 4.90 Å². The number of rotatable bonds is 4. The van der Waals surface area contributed by atoms with Crippen LogP contribution in [-0.4, -0.2) is 0 Å². The van der Waals surface area contributed by atoms with Gasteiger partial charge >= 0.3 is 0 Å². The molecule has 0 amide bonds. The average molecular weight is 654 g/mol. The minimum Gasteiger partial charge on any atom is -0.454 e. The largest absolute Gasteiger partial charge is 0.454 e. The van der Waals surface area contributed by atoms with Crippen molar-refractivity contribution in [3.63, 3.8) is 0 Å². The van der Waals surface area contributed by atoms with Crippen LogP contribution in [0.1, 0.15) is 88.5 Å². The van der Waals surface area contributed by atoms with E-state index in [2.05, 4.69) is 148 Å². The van der Waals surface area contributed by atoms with E-state index in [0.717, 1.165) is 29.0 Å². The SMILES string of the molecule is CC1(C)CCC(C)(C)c2c(N(c3ccccc3)c3ccc(-c4ccccc4)c4c3Oc3ccccc3C43C4CC5CC6CC3C64C5)cccc21. The van der Waals surface area contributed by atoms with Gasteiger partial charge in [0.05, 0.1) is 11.4 Å². The summed E-state index contributed by atoms with van der Waals surface area (Å²) in [6.07, 6.45) is 7.99. The van der Waals surface area contributed by atoms with E-state index in [1.54, 1.807) is 0 Å². The summed E-state index contributed by atoms with van der Waals surface area (Å²) in [5, 5.41) is 0. The highest BCUT2D eigenvalue weighted by molar-refractivity contribution is 5.90. The lowest BCUT2D eigenvalue weighted by molar-refractivity contribution is -0.234. The van der Waals surface area contributed by atoms with Crippen LogP contribution in [0.5, 0.6) is 11.5 Å². The normalized spacial score (nSPS) is 31.0. The number of para-hydroxylation sites is 2. The van der Waals surface area contributed by atoms with E-state index in [0.29, 0.717) is 17.3 Å². The van der Waals surface area contributed by atoms with Crippen molar-refractivity contribution in [1.29, 1.82) is 0 Å². The number of nitrogens with zero attached hydrogens (tertiary/aromatic N) is 1. The Morgan fingerprint density at radius 2 is 1.30 bits per heavy atom. The monoisotopic (exact) mass is 653 g/mol.